The van der Waals surface area contributed by atoms with Gasteiger partial charge in [-0.3, -0.25) is 9.13 Å². The second-order valence-corrected chi connectivity index (χ2v) is 6.56. The predicted octanol–water partition coefficient (Wildman–Crippen LogP) is 2.75. The first-order chi connectivity index (χ1) is 9.50. The molecule has 104 valence electrons. The molecule has 0 saturated heterocycles. The molecule has 1 unspecified atom stereocenters. The standard InChI is InChI=1S/C14H14BrN3OS/c1-17-10-4-3-8(7-11(10)18(2)14(17)19)12(16)13-9(15)5-6-20-13/h3-7,12H,16H2,1-2H3. The molecule has 0 radical (unpaired) electrons. The Bertz CT molecular complexity index is 846. The Morgan fingerprint density at radius 2 is 1.90 bits per heavy atom. The number of hydrogen-bond acceptors (Lipinski definition) is 3. The van der Waals surface area contributed by atoms with Crippen molar-refractivity contribution in [1.82, 2.24) is 9.13 Å². The lowest BCUT2D eigenvalue weighted by atomic mass is 10.1. The predicted molar refractivity (Wildman–Crippen MR) is 86.2 cm³/mol. The minimum Gasteiger partial charge on any atom is -0.320 e. The van der Waals surface area contributed by atoms with Gasteiger partial charge in [0.25, 0.3) is 0 Å². The van der Waals surface area contributed by atoms with Crippen molar-refractivity contribution in [3.05, 3.63) is 55.0 Å². The molecule has 0 fully saturated rings. The van der Waals surface area contributed by atoms with Crippen molar-refractivity contribution < 1.29 is 0 Å². The molecule has 3 aromatic rings. The topological polar surface area (TPSA) is 53.0 Å². The number of aryl methyl sites for hydroxylation is 2. The fraction of sp³-hybridized carbons (Fsp3) is 0.214. The van der Waals surface area contributed by atoms with Gasteiger partial charge in [-0.1, -0.05) is 6.07 Å². The molecule has 1 atom stereocenters. The molecule has 2 N–H and O–H groups in total. The van der Waals surface area contributed by atoms with Crippen molar-refractivity contribution in [2.24, 2.45) is 19.8 Å². The molecule has 2 heterocycles. The van der Waals surface area contributed by atoms with Crippen LogP contribution in [0.4, 0.5) is 0 Å². The maximum Gasteiger partial charge on any atom is 0.328 e. The van der Waals surface area contributed by atoms with Crippen LogP contribution >= 0.6 is 27.3 Å². The maximum atomic E-state index is 11.9. The van der Waals surface area contributed by atoms with E-state index in [4.69, 9.17) is 5.73 Å². The van der Waals surface area contributed by atoms with Gasteiger partial charge in [-0.15, -0.1) is 11.3 Å². The van der Waals surface area contributed by atoms with E-state index in [-0.39, 0.29) is 11.7 Å². The largest absolute Gasteiger partial charge is 0.328 e. The number of thiophene rings is 1. The average molecular weight is 352 g/mol. The third kappa shape index (κ3) is 1.95. The van der Waals surface area contributed by atoms with Gasteiger partial charge in [0, 0.05) is 23.4 Å². The molecule has 0 aliphatic heterocycles. The lowest BCUT2D eigenvalue weighted by Crippen LogP contribution is -2.19. The summed E-state index contributed by atoms with van der Waals surface area (Å²) >= 11 is 5.14. The Kier molecular flexibility index (Phi) is 3.32. The summed E-state index contributed by atoms with van der Waals surface area (Å²) in [6, 6.07) is 7.74. The summed E-state index contributed by atoms with van der Waals surface area (Å²) in [6.07, 6.45) is 0. The number of halogens is 1. The number of imidazole rings is 1. The van der Waals surface area contributed by atoms with Crippen LogP contribution < -0.4 is 11.4 Å². The van der Waals surface area contributed by atoms with Gasteiger partial charge in [0.15, 0.2) is 0 Å². The Morgan fingerprint density at radius 1 is 1.20 bits per heavy atom. The molecular formula is C14H14BrN3OS. The maximum absolute atomic E-state index is 11.9. The number of nitrogens with two attached hydrogens (primary N) is 1. The Morgan fingerprint density at radius 3 is 2.55 bits per heavy atom. The molecule has 0 aliphatic carbocycles. The number of benzene rings is 1. The van der Waals surface area contributed by atoms with E-state index >= 15 is 0 Å². The van der Waals surface area contributed by atoms with Crippen LogP contribution in [0.25, 0.3) is 11.0 Å². The van der Waals surface area contributed by atoms with Crippen molar-refractivity contribution in [2.75, 3.05) is 0 Å². The highest BCUT2D eigenvalue weighted by atomic mass is 79.9. The molecule has 6 heteroatoms. The highest BCUT2D eigenvalue weighted by molar-refractivity contribution is 9.10. The summed E-state index contributed by atoms with van der Waals surface area (Å²) in [7, 11) is 3.56. The third-order valence-electron chi connectivity index (χ3n) is 3.58. The van der Waals surface area contributed by atoms with Gasteiger partial charge >= 0.3 is 5.69 Å². The van der Waals surface area contributed by atoms with Gasteiger partial charge in [0.2, 0.25) is 0 Å². The van der Waals surface area contributed by atoms with Crippen LogP contribution in [0.5, 0.6) is 0 Å². The summed E-state index contributed by atoms with van der Waals surface area (Å²) in [4.78, 5) is 13.0. The van der Waals surface area contributed by atoms with E-state index in [9.17, 15) is 4.79 Å². The van der Waals surface area contributed by atoms with E-state index in [1.807, 2.05) is 29.6 Å². The van der Waals surface area contributed by atoms with E-state index in [0.717, 1.165) is 25.9 Å². The Balaban J connectivity index is 2.17. The normalized spacial score (nSPS) is 13.0. The van der Waals surface area contributed by atoms with Gasteiger partial charge in [-0.05, 0) is 45.1 Å². The zero-order valence-electron chi connectivity index (χ0n) is 11.1. The smallest absolute Gasteiger partial charge is 0.320 e. The van der Waals surface area contributed by atoms with Crippen LogP contribution in [0.15, 0.2) is 38.9 Å². The van der Waals surface area contributed by atoms with E-state index in [1.165, 1.54) is 0 Å². The van der Waals surface area contributed by atoms with E-state index in [1.54, 1.807) is 34.6 Å². The van der Waals surface area contributed by atoms with Crippen LogP contribution in [-0.4, -0.2) is 9.13 Å². The van der Waals surface area contributed by atoms with Crippen molar-refractivity contribution in [3.63, 3.8) is 0 Å². The van der Waals surface area contributed by atoms with Crippen LogP contribution in [-0.2, 0) is 14.1 Å². The minimum atomic E-state index is -0.191. The monoisotopic (exact) mass is 351 g/mol. The third-order valence-corrected chi connectivity index (χ3v) is 5.54. The molecule has 0 amide bonds. The second kappa shape index (κ2) is 4.87. The average Bonchev–Trinajstić information content (AvgIpc) is 2.97. The number of rotatable bonds is 2. The fourth-order valence-electron chi connectivity index (χ4n) is 2.40. The SMILES string of the molecule is Cn1c(=O)n(C)c2cc(C(N)c3sccc3Br)ccc21. The van der Waals surface area contributed by atoms with Crippen molar-refractivity contribution in [1.29, 1.82) is 0 Å². The lowest BCUT2D eigenvalue weighted by molar-refractivity contribution is 0.795. The van der Waals surface area contributed by atoms with Crippen molar-refractivity contribution >= 4 is 38.3 Å². The lowest BCUT2D eigenvalue weighted by Gasteiger charge is -2.11. The summed E-state index contributed by atoms with van der Waals surface area (Å²) < 4.78 is 4.32. The molecule has 0 aliphatic rings. The second-order valence-electron chi connectivity index (χ2n) is 4.76. The summed E-state index contributed by atoms with van der Waals surface area (Å²) in [5, 5.41) is 2.01. The van der Waals surface area contributed by atoms with Crippen LogP contribution in [0.1, 0.15) is 16.5 Å². The van der Waals surface area contributed by atoms with Gasteiger partial charge in [0.05, 0.1) is 17.1 Å². The first-order valence-corrected chi connectivity index (χ1v) is 7.82. The Hall–Kier alpha value is -1.37. The number of hydrogen-bond donors (Lipinski definition) is 1. The first-order valence-electron chi connectivity index (χ1n) is 6.14. The molecule has 0 saturated carbocycles. The highest BCUT2D eigenvalue weighted by Crippen LogP contribution is 2.32. The molecule has 20 heavy (non-hydrogen) atoms. The zero-order valence-corrected chi connectivity index (χ0v) is 13.5. The number of nitrogens with zero attached hydrogens (tertiary/aromatic N) is 2. The van der Waals surface area contributed by atoms with E-state index < -0.39 is 0 Å². The zero-order chi connectivity index (χ0) is 14.4. The highest BCUT2D eigenvalue weighted by Gasteiger charge is 2.16. The molecule has 3 rings (SSSR count). The Labute approximate surface area is 128 Å². The van der Waals surface area contributed by atoms with Crippen LogP contribution in [0, 0.1) is 0 Å². The van der Waals surface area contributed by atoms with E-state index in [0.29, 0.717) is 0 Å². The molecule has 1 aromatic carbocycles. The van der Waals surface area contributed by atoms with Crippen LogP contribution in [0.2, 0.25) is 0 Å². The first kappa shape index (κ1) is 13.6. The molecule has 4 nitrogen and oxygen atoms in total. The van der Waals surface area contributed by atoms with Gasteiger partial charge in [-0.25, -0.2) is 4.79 Å². The van der Waals surface area contributed by atoms with Crippen LogP contribution in [0.3, 0.4) is 0 Å². The molecular weight excluding hydrogens is 338 g/mol. The minimum absolute atomic E-state index is 0.0250. The fourth-order valence-corrected chi connectivity index (χ4v) is 4.04. The van der Waals surface area contributed by atoms with Gasteiger partial charge in [-0.2, -0.15) is 0 Å². The molecule has 0 spiro atoms. The van der Waals surface area contributed by atoms with Gasteiger partial charge in [0.1, 0.15) is 0 Å². The quantitative estimate of drug-likeness (QED) is 0.771. The summed E-state index contributed by atoms with van der Waals surface area (Å²) in [5.41, 5.74) is 9.13. The summed E-state index contributed by atoms with van der Waals surface area (Å²) in [5.74, 6) is 0. The number of fused-ring (bicyclic) bond motifs is 1. The molecule has 2 aromatic heterocycles. The van der Waals surface area contributed by atoms with Gasteiger partial charge < -0.3 is 5.73 Å². The van der Waals surface area contributed by atoms with Crippen molar-refractivity contribution in [3.8, 4) is 0 Å². The van der Waals surface area contributed by atoms with Crippen molar-refractivity contribution in [2.45, 2.75) is 6.04 Å². The molecule has 0 bridgehead atoms. The number of aromatic nitrogens is 2. The van der Waals surface area contributed by atoms with E-state index in [2.05, 4.69) is 15.9 Å². The summed E-state index contributed by atoms with van der Waals surface area (Å²) in [6.45, 7) is 0.